The molecule has 1 saturated carbocycles. The fourth-order valence-electron chi connectivity index (χ4n) is 4.23. The number of hydrazine groups is 2. The molecule has 3 aliphatic rings. The molecule has 0 radical (unpaired) electrons. The van der Waals surface area contributed by atoms with Crippen molar-refractivity contribution < 1.29 is 9.59 Å². The quantitative estimate of drug-likeness (QED) is 0.763. The summed E-state index contributed by atoms with van der Waals surface area (Å²) in [6.07, 6.45) is 4.08. The number of anilines is 1. The summed E-state index contributed by atoms with van der Waals surface area (Å²) in [7, 11) is 0. The zero-order valence-corrected chi connectivity index (χ0v) is 14.5. The van der Waals surface area contributed by atoms with Crippen molar-refractivity contribution in [2.75, 3.05) is 18.4 Å². The van der Waals surface area contributed by atoms with Crippen LogP contribution in [0.25, 0.3) is 0 Å². The van der Waals surface area contributed by atoms with E-state index >= 15 is 0 Å². The first-order chi connectivity index (χ1) is 12.1. The van der Waals surface area contributed by atoms with E-state index in [9.17, 15) is 9.59 Å². The number of amides is 2. The number of nitrogens with one attached hydrogen (secondary N) is 3. The average Bonchev–Trinajstić information content (AvgIpc) is 3.10. The summed E-state index contributed by atoms with van der Waals surface area (Å²) in [5, 5.41) is 5.04. The fourth-order valence-corrected chi connectivity index (χ4v) is 4.23. The van der Waals surface area contributed by atoms with Crippen LogP contribution in [0.2, 0.25) is 0 Å². The monoisotopic (exact) mass is 343 g/mol. The Balaban J connectivity index is 1.47. The number of carbonyl (C=O) groups is 2. The Kier molecular flexibility index (Phi) is 4.45. The molecule has 3 atom stereocenters. The van der Waals surface area contributed by atoms with Crippen LogP contribution in [0.4, 0.5) is 5.69 Å². The number of rotatable bonds is 3. The van der Waals surface area contributed by atoms with Crippen LogP contribution in [-0.2, 0) is 9.59 Å². The highest BCUT2D eigenvalue weighted by Gasteiger charge is 2.49. The number of carbonyl (C=O) groups excluding carboxylic acids is 2. The summed E-state index contributed by atoms with van der Waals surface area (Å²) in [4.78, 5) is 27.2. The lowest BCUT2D eigenvalue weighted by molar-refractivity contribution is -0.162. The van der Waals surface area contributed by atoms with Crippen LogP contribution in [0.3, 0.4) is 0 Å². The van der Waals surface area contributed by atoms with Gasteiger partial charge >= 0.3 is 0 Å². The summed E-state index contributed by atoms with van der Waals surface area (Å²) in [6, 6.07) is 7.92. The summed E-state index contributed by atoms with van der Waals surface area (Å²) in [5.41, 5.74) is 8.23. The molecule has 1 aliphatic carbocycles. The second kappa shape index (κ2) is 6.74. The molecule has 2 saturated heterocycles. The van der Waals surface area contributed by atoms with Crippen LogP contribution >= 0.6 is 0 Å². The zero-order valence-electron chi connectivity index (χ0n) is 14.5. The molecule has 0 bridgehead atoms. The summed E-state index contributed by atoms with van der Waals surface area (Å²) < 4.78 is 0. The second-order valence-corrected chi connectivity index (χ2v) is 7.22. The number of nitrogens with zero attached hydrogens (tertiary/aromatic N) is 2. The predicted molar refractivity (Wildman–Crippen MR) is 94.0 cm³/mol. The molecule has 3 fully saturated rings. The van der Waals surface area contributed by atoms with Gasteiger partial charge in [0, 0.05) is 18.3 Å². The number of hydrogen-bond donors (Lipinski definition) is 3. The Morgan fingerprint density at radius 2 is 2.00 bits per heavy atom. The molecule has 0 aromatic heterocycles. The van der Waals surface area contributed by atoms with Gasteiger partial charge in [-0.15, -0.1) is 0 Å². The average molecular weight is 343 g/mol. The normalized spacial score (nSPS) is 29.2. The van der Waals surface area contributed by atoms with Crippen molar-refractivity contribution in [2.45, 2.75) is 44.8 Å². The third kappa shape index (κ3) is 3.15. The maximum absolute atomic E-state index is 13.0. The van der Waals surface area contributed by atoms with E-state index in [1.54, 1.807) is 4.90 Å². The summed E-state index contributed by atoms with van der Waals surface area (Å²) >= 11 is 0. The first kappa shape index (κ1) is 16.5. The number of aryl methyl sites for hydroxylation is 1. The molecule has 134 valence electrons. The number of hydrogen-bond acceptors (Lipinski definition) is 5. The molecule has 25 heavy (non-hydrogen) atoms. The molecule has 1 aromatic rings. The Morgan fingerprint density at radius 3 is 2.80 bits per heavy atom. The maximum Gasteiger partial charge on any atom is 0.244 e. The van der Waals surface area contributed by atoms with Gasteiger partial charge in [-0.25, -0.2) is 10.4 Å². The van der Waals surface area contributed by atoms with Crippen molar-refractivity contribution in [3.63, 3.8) is 0 Å². The standard InChI is InChI=1S/C18H25N5O2/c1-12-6-8-13(9-7-12)20-16(24)11-22-17-10-19-21-23(17)15-5-3-2-4-14(15)18(22)25/h6-9,14-15,17,19,21H,2-5,10-11H2,1H3,(H,20,24). The maximum atomic E-state index is 13.0. The van der Waals surface area contributed by atoms with Gasteiger partial charge in [0.1, 0.15) is 12.7 Å². The van der Waals surface area contributed by atoms with Gasteiger partial charge in [0.15, 0.2) is 0 Å². The lowest BCUT2D eigenvalue weighted by Gasteiger charge is -2.48. The van der Waals surface area contributed by atoms with E-state index < -0.39 is 0 Å². The molecule has 7 heteroatoms. The van der Waals surface area contributed by atoms with Crippen LogP contribution in [0.15, 0.2) is 24.3 Å². The second-order valence-electron chi connectivity index (χ2n) is 7.22. The third-order valence-electron chi connectivity index (χ3n) is 5.51. The van der Waals surface area contributed by atoms with Gasteiger partial charge in [0.05, 0.1) is 5.92 Å². The van der Waals surface area contributed by atoms with Crippen molar-refractivity contribution in [1.82, 2.24) is 20.9 Å². The molecular formula is C18H25N5O2. The molecule has 3 N–H and O–H groups in total. The van der Waals surface area contributed by atoms with E-state index in [2.05, 4.69) is 21.3 Å². The number of benzene rings is 1. The molecule has 0 spiro atoms. The van der Waals surface area contributed by atoms with Crippen molar-refractivity contribution in [3.05, 3.63) is 29.8 Å². The van der Waals surface area contributed by atoms with Gasteiger partial charge in [-0.2, -0.15) is 5.53 Å². The lowest BCUT2D eigenvalue weighted by Crippen LogP contribution is -2.66. The smallest absolute Gasteiger partial charge is 0.244 e. The highest BCUT2D eigenvalue weighted by atomic mass is 16.2. The van der Waals surface area contributed by atoms with E-state index in [1.165, 1.54) is 0 Å². The van der Waals surface area contributed by atoms with Crippen LogP contribution in [0.5, 0.6) is 0 Å². The summed E-state index contributed by atoms with van der Waals surface area (Å²) in [5.74, 6) is -0.0432. The topological polar surface area (TPSA) is 76.7 Å². The Bertz CT molecular complexity index is 662. The van der Waals surface area contributed by atoms with Gasteiger partial charge < -0.3 is 10.2 Å². The van der Waals surface area contributed by atoms with Gasteiger partial charge in [-0.05, 0) is 31.9 Å². The van der Waals surface area contributed by atoms with Crippen molar-refractivity contribution in [1.29, 1.82) is 0 Å². The third-order valence-corrected chi connectivity index (χ3v) is 5.51. The van der Waals surface area contributed by atoms with Crippen LogP contribution in [-0.4, -0.2) is 47.0 Å². The van der Waals surface area contributed by atoms with Crippen LogP contribution in [0.1, 0.15) is 31.2 Å². The largest absolute Gasteiger partial charge is 0.325 e. The van der Waals surface area contributed by atoms with Crippen molar-refractivity contribution >= 4 is 17.5 Å². The van der Waals surface area contributed by atoms with Crippen LogP contribution < -0.4 is 16.3 Å². The molecule has 7 nitrogen and oxygen atoms in total. The molecule has 3 unspecified atom stereocenters. The minimum atomic E-state index is -0.154. The van der Waals surface area contributed by atoms with Crippen molar-refractivity contribution in [3.8, 4) is 0 Å². The molecule has 2 aliphatic heterocycles. The van der Waals surface area contributed by atoms with E-state index in [0.717, 1.165) is 36.9 Å². The highest BCUT2D eigenvalue weighted by Crippen LogP contribution is 2.35. The molecule has 2 amide bonds. The molecule has 4 rings (SSSR count). The summed E-state index contributed by atoms with van der Waals surface area (Å²) in [6.45, 7) is 2.72. The molecule has 2 heterocycles. The number of fused-ring (bicyclic) bond motifs is 3. The van der Waals surface area contributed by atoms with E-state index in [4.69, 9.17) is 0 Å². The SMILES string of the molecule is Cc1ccc(NC(=O)CN2C(=O)C3CCCCC3N3NNCC23)cc1. The fraction of sp³-hybridized carbons (Fsp3) is 0.556. The lowest BCUT2D eigenvalue weighted by atomic mass is 9.81. The van der Waals surface area contributed by atoms with E-state index in [0.29, 0.717) is 6.54 Å². The Labute approximate surface area is 147 Å². The minimum absolute atomic E-state index is 0.00965. The van der Waals surface area contributed by atoms with Crippen molar-refractivity contribution in [2.24, 2.45) is 5.92 Å². The van der Waals surface area contributed by atoms with Gasteiger partial charge in [-0.1, -0.05) is 30.5 Å². The van der Waals surface area contributed by atoms with Gasteiger partial charge in [0.2, 0.25) is 11.8 Å². The van der Waals surface area contributed by atoms with Gasteiger partial charge in [-0.3, -0.25) is 9.59 Å². The highest BCUT2D eigenvalue weighted by molar-refractivity contribution is 5.95. The van der Waals surface area contributed by atoms with E-state index in [-0.39, 0.29) is 36.5 Å². The van der Waals surface area contributed by atoms with E-state index in [1.807, 2.05) is 31.2 Å². The first-order valence-electron chi connectivity index (χ1n) is 9.07. The minimum Gasteiger partial charge on any atom is -0.325 e. The molecule has 1 aromatic carbocycles. The predicted octanol–water partition coefficient (Wildman–Crippen LogP) is 0.985. The Hall–Kier alpha value is -1.96. The first-order valence-corrected chi connectivity index (χ1v) is 9.07. The Morgan fingerprint density at radius 1 is 1.24 bits per heavy atom. The zero-order chi connectivity index (χ0) is 17.4. The molecular weight excluding hydrogens is 318 g/mol. The van der Waals surface area contributed by atoms with Gasteiger partial charge in [0.25, 0.3) is 0 Å². The van der Waals surface area contributed by atoms with Crippen LogP contribution in [0, 0.1) is 12.8 Å².